The summed E-state index contributed by atoms with van der Waals surface area (Å²) < 4.78 is 0. The summed E-state index contributed by atoms with van der Waals surface area (Å²) in [5.41, 5.74) is 5.86. The number of carbonyl (C=O) groups is 1. The van der Waals surface area contributed by atoms with E-state index in [4.69, 9.17) is 0 Å². The van der Waals surface area contributed by atoms with Crippen LogP contribution in [0.3, 0.4) is 0 Å². The molecule has 2 heterocycles. The number of hydrogen-bond donors (Lipinski definition) is 2. The predicted molar refractivity (Wildman–Crippen MR) is 120 cm³/mol. The van der Waals surface area contributed by atoms with Gasteiger partial charge in [-0.3, -0.25) is 10.2 Å². The minimum absolute atomic E-state index is 0.0955. The van der Waals surface area contributed by atoms with Gasteiger partial charge in [0.05, 0.1) is 11.6 Å². The van der Waals surface area contributed by atoms with E-state index < -0.39 is 0 Å². The van der Waals surface area contributed by atoms with Crippen molar-refractivity contribution in [1.82, 2.24) is 9.97 Å². The Labute approximate surface area is 172 Å². The summed E-state index contributed by atoms with van der Waals surface area (Å²) >= 11 is 1.64. The lowest BCUT2D eigenvalue weighted by Gasteiger charge is -2.03. The first kappa shape index (κ1) is 18.8. The molecule has 2 aromatic heterocycles. The van der Waals surface area contributed by atoms with Crippen molar-refractivity contribution < 1.29 is 4.79 Å². The minimum Gasteiger partial charge on any atom is -0.326 e. The fourth-order valence-corrected chi connectivity index (χ4v) is 3.96. The first-order chi connectivity index (χ1) is 14.1. The zero-order valence-electron chi connectivity index (χ0n) is 16.0. The van der Waals surface area contributed by atoms with Gasteiger partial charge in [0.25, 0.3) is 0 Å². The van der Waals surface area contributed by atoms with E-state index >= 15 is 0 Å². The number of nitrogens with zero attached hydrogens (tertiary/aromatic N) is 3. The molecule has 6 nitrogen and oxygen atoms in total. The molecule has 1 amide bonds. The fraction of sp³-hybridized carbons (Fsp3) is 0.0909. The van der Waals surface area contributed by atoms with Crippen molar-refractivity contribution in [2.45, 2.75) is 13.8 Å². The maximum absolute atomic E-state index is 11.1. The second-order valence-corrected chi connectivity index (χ2v) is 7.52. The Morgan fingerprint density at radius 1 is 1.07 bits per heavy atom. The molecule has 0 saturated heterocycles. The first-order valence-electron chi connectivity index (χ1n) is 9.09. The summed E-state index contributed by atoms with van der Waals surface area (Å²) in [6, 6.07) is 19.8. The topological polar surface area (TPSA) is 79.3 Å². The Bertz CT molecular complexity index is 1180. The molecular weight excluding hydrogens is 382 g/mol. The monoisotopic (exact) mass is 401 g/mol. The van der Waals surface area contributed by atoms with E-state index in [2.05, 4.69) is 44.0 Å². The van der Waals surface area contributed by atoms with Crippen LogP contribution >= 0.6 is 11.3 Å². The van der Waals surface area contributed by atoms with Crippen LogP contribution in [0.4, 0.5) is 11.5 Å². The lowest BCUT2D eigenvalue weighted by atomic mass is 10.2. The lowest BCUT2D eigenvalue weighted by molar-refractivity contribution is -0.114. The highest BCUT2D eigenvalue weighted by Gasteiger charge is 2.11. The molecule has 7 heteroatoms. The van der Waals surface area contributed by atoms with Gasteiger partial charge >= 0.3 is 0 Å². The molecule has 4 rings (SSSR count). The maximum atomic E-state index is 11.1. The van der Waals surface area contributed by atoms with E-state index in [0.29, 0.717) is 11.6 Å². The molecule has 0 unspecified atom stereocenters. The van der Waals surface area contributed by atoms with Crippen LogP contribution in [0, 0.1) is 6.92 Å². The Balaban J connectivity index is 1.56. The number of nitrogens with one attached hydrogen (secondary N) is 2. The Hall–Kier alpha value is -3.58. The van der Waals surface area contributed by atoms with Crippen LogP contribution in [-0.4, -0.2) is 22.1 Å². The fourth-order valence-electron chi connectivity index (χ4n) is 2.88. The molecule has 2 N–H and O–H groups in total. The third kappa shape index (κ3) is 4.47. The van der Waals surface area contributed by atoms with Gasteiger partial charge in [0.1, 0.15) is 10.7 Å². The van der Waals surface area contributed by atoms with Gasteiger partial charge in [-0.2, -0.15) is 5.10 Å². The van der Waals surface area contributed by atoms with Crippen molar-refractivity contribution in [2.75, 3.05) is 10.7 Å². The zero-order chi connectivity index (χ0) is 20.2. The number of aryl methyl sites for hydroxylation is 1. The summed E-state index contributed by atoms with van der Waals surface area (Å²) in [7, 11) is 0. The molecule has 0 saturated carbocycles. The van der Waals surface area contributed by atoms with E-state index in [9.17, 15) is 4.79 Å². The smallest absolute Gasteiger partial charge is 0.221 e. The quantitative estimate of drug-likeness (QED) is 0.361. The SMILES string of the molecule is CC(=O)Nc1ccc(/C=N/Nc2nc(C)nc3sc(-c4ccccc4)cc23)cc1. The number of rotatable bonds is 5. The van der Waals surface area contributed by atoms with Gasteiger partial charge < -0.3 is 5.32 Å². The largest absolute Gasteiger partial charge is 0.326 e. The average Bonchev–Trinajstić information content (AvgIpc) is 3.14. The molecule has 144 valence electrons. The number of fused-ring (bicyclic) bond motifs is 1. The summed E-state index contributed by atoms with van der Waals surface area (Å²) in [5.74, 6) is 1.27. The summed E-state index contributed by atoms with van der Waals surface area (Å²) in [6.07, 6.45) is 1.71. The number of benzene rings is 2. The van der Waals surface area contributed by atoms with Crippen molar-refractivity contribution >= 4 is 45.2 Å². The molecule has 0 fully saturated rings. The number of anilines is 2. The molecule has 0 radical (unpaired) electrons. The number of amides is 1. The van der Waals surface area contributed by atoms with E-state index in [0.717, 1.165) is 31.9 Å². The highest BCUT2D eigenvalue weighted by Crippen LogP contribution is 2.35. The van der Waals surface area contributed by atoms with Gasteiger partial charge in [0.15, 0.2) is 5.82 Å². The van der Waals surface area contributed by atoms with Crippen LogP contribution in [0.1, 0.15) is 18.3 Å². The highest BCUT2D eigenvalue weighted by molar-refractivity contribution is 7.21. The molecule has 0 spiro atoms. The minimum atomic E-state index is -0.0955. The molecule has 29 heavy (non-hydrogen) atoms. The first-order valence-corrected chi connectivity index (χ1v) is 9.90. The second kappa shape index (κ2) is 8.20. The van der Waals surface area contributed by atoms with Crippen molar-refractivity contribution in [3.8, 4) is 10.4 Å². The molecular formula is C22H19N5OS. The molecule has 0 aliphatic rings. The molecule has 0 aliphatic heterocycles. The lowest BCUT2D eigenvalue weighted by Crippen LogP contribution is -2.05. The van der Waals surface area contributed by atoms with Crippen LogP contribution in [0.5, 0.6) is 0 Å². The molecule has 4 aromatic rings. The van der Waals surface area contributed by atoms with Crippen molar-refractivity contribution in [2.24, 2.45) is 5.10 Å². The third-order valence-corrected chi connectivity index (χ3v) is 5.26. The zero-order valence-corrected chi connectivity index (χ0v) is 16.8. The normalized spacial score (nSPS) is 11.1. The molecule has 0 atom stereocenters. The van der Waals surface area contributed by atoms with Gasteiger partial charge in [-0.1, -0.05) is 42.5 Å². The Kier molecular flexibility index (Phi) is 5.31. The van der Waals surface area contributed by atoms with Crippen molar-refractivity contribution in [3.63, 3.8) is 0 Å². The van der Waals surface area contributed by atoms with Crippen LogP contribution in [0.2, 0.25) is 0 Å². The van der Waals surface area contributed by atoms with E-state index in [1.165, 1.54) is 6.92 Å². The van der Waals surface area contributed by atoms with Gasteiger partial charge in [-0.05, 0) is 36.2 Å². The van der Waals surface area contributed by atoms with E-state index in [1.807, 2.05) is 49.4 Å². The Morgan fingerprint density at radius 3 is 2.55 bits per heavy atom. The Morgan fingerprint density at radius 2 is 1.83 bits per heavy atom. The second-order valence-electron chi connectivity index (χ2n) is 6.49. The molecule has 0 aliphatic carbocycles. The van der Waals surface area contributed by atoms with Crippen molar-refractivity contribution in [3.05, 3.63) is 72.1 Å². The number of carbonyl (C=O) groups excluding carboxylic acids is 1. The molecule has 2 aromatic carbocycles. The summed E-state index contributed by atoms with van der Waals surface area (Å²) in [4.78, 5) is 22.2. The summed E-state index contributed by atoms with van der Waals surface area (Å²) in [6.45, 7) is 3.36. The number of thiophene rings is 1. The van der Waals surface area contributed by atoms with Gasteiger partial charge in [0, 0.05) is 17.5 Å². The number of hydrogen-bond acceptors (Lipinski definition) is 6. The van der Waals surface area contributed by atoms with Crippen LogP contribution in [-0.2, 0) is 4.79 Å². The third-order valence-electron chi connectivity index (χ3n) is 4.18. The number of aromatic nitrogens is 2. The van der Waals surface area contributed by atoms with Crippen LogP contribution < -0.4 is 10.7 Å². The maximum Gasteiger partial charge on any atom is 0.221 e. The van der Waals surface area contributed by atoms with E-state index in [1.54, 1.807) is 17.6 Å². The average molecular weight is 401 g/mol. The van der Waals surface area contributed by atoms with Crippen LogP contribution in [0.15, 0.2) is 65.8 Å². The number of hydrazone groups is 1. The predicted octanol–water partition coefficient (Wildman–Crippen LogP) is 5.07. The highest BCUT2D eigenvalue weighted by atomic mass is 32.1. The van der Waals surface area contributed by atoms with Gasteiger partial charge in [0.2, 0.25) is 5.91 Å². The summed E-state index contributed by atoms with van der Waals surface area (Å²) in [5, 5.41) is 8.01. The van der Waals surface area contributed by atoms with Crippen LogP contribution in [0.25, 0.3) is 20.7 Å². The van der Waals surface area contributed by atoms with Gasteiger partial charge in [-0.25, -0.2) is 9.97 Å². The standard InChI is InChI=1S/C22H19N5OS/c1-14-24-21(27-23-13-16-8-10-18(11-9-16)26-15(2)28)19-12-20(29-22(19)25-14)17-6-4-3-5-7-17/h3-13H,1-2H3,(H,26,28)(H,24,25,27)/b23-13+. The van der Waals surface area contributed by atoms with Crippen molar-refractivity contribution in [1.29, 1.82) is 0 Å². The van der Waals surface area contributed by atoms with Gasteiger partial charge in [-0.15, -0.1) is 11.3 Å². The molecule has 0 bridgehead atoms. The van der Waals surface area contributed by atoms with E-state index in [-0.39, 0.29) is 5.91 Å².